The molecule has 28 heavy (non-hydrogen) atoms. The van der Waals surface area contributed by atoms with Crippen LogP contribution in [0.25, 0.3) is 0 Å². The zero-order valence-electron chi connectivity index (χ0n) is 15.9. The summed E-state index contributed by atoms with van der Waals surface area (Å²) in [4.78, 5) is 2.45. The third-order valence-corrected chi connectivity index (χ3v) is 6.49. The lowest BCUT2D eigenvalue weighted by Crippen LogP contribution is -2.59. The summed E-state index contributed by atoms with van der Waals surface area (Å²) < 4.78 is 6.61. The molecule has 1 saturated heterocycles. The van der Waals surface area contributed by atoms with Gasteiger partial charge in [0, 0.05) is 48.5 Å². The van der Waals surface area contributed by atoms with Gasteiger partial charge in [-0.3, -0.25) is 0 Å². The normalized spacial score (nSPS) is 23.1. The molecule has 1 spiro atoms. The van der Waals surface area contributed by atoms with Crippen molar-refractivity contribution in [1.29, 1.82) is 0 Å². The highest BCUT2D eigenvalue weighted by Gasteiger charge is 2.51. The quantitative estimate of drug-likeness (QED) is 0.815. The van der Waals surface area contributed by atoms with Gasteiger partial charge in [0.2, 0.25) is 5.72 Å². The highest BCUT2D eigenvalue weighted by molar-refractivity contribution is 6.30. The second-order valence-electron chi connectivity index (χ2n) is 7.79. The molecule has 6 heteroatoms. The zero-order chi connectivity index (χ0) is 19.3. The summed E-state index contributed by atoms with van der Waals surface area (Å²) in [6.45, 7) is 5.23. The van der Waals surface area contributed by atoms with Crippen molar-refractivity contribution in [2.75, 3.05) is 19.6 Å². The van der Waals surface area contributed by atoms with E-state index >= 15 is 0 Å². The van der Waals surface area contributed by atoms with E-state index in [1.165, 1.54) is 0 Å². The van der Waals surface area contributed by atoms with Crippen molar-refractivity contribution in [2.45, 2.75) is 38.0 Å². The first-order valence-electron chi connectivity index (χ1n) is 9.96. The third kappa shape index (κ3) is 2.76. The number of phenols is 1. The van der Waals surface area contributed by atoms with Crippen LogP contribution in [-0.2, 0) is 0 Å². The van der Waals surface area contributed by atoms with Gasteiger partial charge in [-0.05, 0) is 36.9 Å². The second kappa shape index (κ2) is 6.68. The first kappa shape index (κ1) is 17.8. The molecule has 0 radical (unpaired) electrons. The van der Waals surface area contributed by atoms with E-state index in [0.717, 1.165) is 61.5 Å². The van der Waals surface area contributed by atoms with E-state index in [9.17, 15) is 5.11 Å². The minimum absolute atomic E-state index is 0.0743. The fourth-order valence-electron chi connectivity index (χ4n) is 4.68. The number of hydrogen-bond donors (Lipinski definition) is 1. The van der Waals surface area contributed by atoms with E-state index in [0.29, 0.717) is 5.02 Å². The Hall–Kier alpha value is -2.24. The van der Waals surface area contributed by atoms with Gasteiger partial charge in [0.25, 0.3) is 0 Å². The molecular formula is C22H24ClN3O2. The lowest BCUT2D eigenvalue weighted by Gasteiger charge is -2.51. The standard InChI is InChI=1S/C22H24ClN3O2/c1-2-25-11-9-22(10-12-25)26-19(17-13-15(23)7-8-21(17)28-22)14-18(24-26)16-5-3-4-6-20(16)27/h3-8,13,19,27H,2,9-12,14H2,1H3/t19-/m1/s1. The van der Waals surface area contributed by atoms with Crippen LogP contribution in [0.15, 0.2) is 47.6 Å². The number of phenolic OH excluding ortho intramolecular Hbond substituents is 1. The molecule has 1 fully saturated rings. The van der Waals surface area contributed by atoms with Crippen LogP contribution in [0, 0.1) is 0 Å². The average Bonchev–Trinajstić information content (AvgIpc) is 3.16. The topological polar surface area (TPSA) is 48.3 Å². The lowest BCUT2D eigenvalue weighted by atomic mass is 9.90. The highest BCUT2D eigenvalue weighted by atomic mass is 35.5. The van der Waals surface area contributed by atoms with Crippen LogP contribution in [0.2, 0.25) is 5.02 Å². The van der Waals surface area contributed by atoms with E-state index < -0.39 is 5.72 Å². The van der Waals surface area contributed by atoms with Gasteiger partial charge in [-0.15, -0.1) is 0 Å². The summed E-state index contributed by atoms with van der Waals surface area (Å²) >= 11 is 6.30. The molecule has 2 aromatic carbocycles. The summed E-state index contributed by atoms with van der Waals surface area (Å²) in [5.41, 5.74) is 2.33. The van der Waals surface area contributed by atoms with Crippen molar-refractivity contribution in [2.24, 2.45) is 5.10 Å². The third-order valence-electron chi connectivity index (χ3n) is 6.26. The molecule has 0 bridgehead atoms. The first-order chi connectivity index (χ1) is 13.6. The Kier molecular flexibility index (Phi) is 4.25. The van der Waals surface area contributed by atoms with Crippen LogP contribution in [0.4, 0.5) is 0 Å². The summed E-state index contributed by atoms with van der Waals surface area (Å²) in [6, 6.07) is 13.4. The number of benzene rings is 2. The molecule has 0 saturated carbocycles. The minimum Gasteiger partial charge on any atom is -0.507 e. The Morgan fingerprint density at radius 2 is 2.00 bits per heavy atom. The van der Waals surface area contributed by atoms with Gasteiger partial charge in [-0.1, -0.05) is 30.7 Å². The summed E-state index contributed by atoms with van der Waals surface area (Å²) in [5, 5.41) is 18.2. The van der Waals surface area contributed by atoms with Gasteiger partial charge in [0.15, 0.2) is 0 Å². The largest absolute Gasteiger partial charge is 0.507 e. The summed E-state index contributed by atoms with van der Waals surface area (Å²) in [5.74, 6) is 1.17. The van der Waals surface area contributed by atoms with Crippen LogP contribution in [0.3, 0.4) is 0 Å². The summed E-state index contributed by atoms with van der Waals surface area (Å²) in [7, 11) is 0. The number of aromatic hydroxyl groups is 1. The lowest BCUT2D eigenvalue weighted by molar-refractivity contribution is -0.149. The van der Waals surface area contributed by atoms with E-state index in [2.05, 4.69) is 16.8 Å². The van der Waals surface area contributed by atoms with E-state index in [4.69, 9.17) is 21.4 Å². The molecule has 1 atom stereocenters. The number of para-hydroxylation sites is 1. The van der Waals surface area contributed by atoms with E-state index in [-0.39, 0.29) is 11.8 Å². The van der Waals surface area contributed by atoms with Crippen molar-refractivity contribution in [3.05, 3.63) is 58.6 Å². The van der Waals surface area contributed by atoms with Gasteiger partial charge in [0.05, 0.1) is 11.8 Å². The molecule has 2 aromatic rings. The molecule has 3 heterocycles. The first-order valence-corrected chi connectivity index (χ1v) is 10.3. The average molecular weight is 398 g/mol. The predicted molar refractivity (Wildman–Crippen MR) is 110 cm³/mol. The predicted octanol–water partition coefficient (Wildman–Crippen LogP) is 4.40. The Bertz CT molecular complexity index is 937. The monoisotopic (exact) mass is 397 g/mol. The Labute approximate surface area is 170 Å². The molecule has 0 amide bonds. The second-order valence-corrected chi connectivity index (χ2v) is 8.23. The minimum atomic E-state index is -0.441. The number of hydrazone groups is 1. The summed E-state index contributed by atoms with van der Waals surface area (Å²) in [6.07, 6.45) is 2.53. The molecule has 0 aliphatic carbocycles. The molecule has 0 unspecified atom stereocenters. The van der Waals surface area contributed by atoms with Crippen molar-refractivity contribution >= 4 is 17.3 Å². The fourth-order valence-corrected chi connectivity index (χ4v) is 4.86. The van der Waals surface area contributed by atoms with Crippen molar-refractivity contribution in [1.82, 2.24) is 9.91 Å². The number of halogens is 1. The number of hydrogen-bond acceptors (Lipinski definition) is 5. The van der Waals surface area contributed by atoms with Gasteiger partial charge in [0.1, 0.15) is 11.5 Å². The smallest absolute Gasteiger partial charge is 0.200 e. The van der Waals surface area contributed by atoms with E-state index in [1.807, 2.05) is 36.4 Å². The molecule has 146 valence electrons. The van der Waals surface area contributed by atoms with Crippen molar-refractivity contribution < 1.29 is 9.84 Å². The Morgan fingerprint density at radius 3 is 2.75 bits per heavy atom. The maximum atomic E-state index is 10.4. The van der Waals surface area contributed by atoms with Crippen LogP contribution in [-0.4, -0.2) is 46.1 Å². The Balaban J connectivity index is 1.58. The van der Waals surface area contributed by atoms with Crippen molar-refractivity contribution in [3.8, 4) is 11.5 Å². The van der Waals surface area contributed by atoms with Gasteiger partial charge < -0.3 is 14.7 Å². The molecule has 5 rings (SSSR count). The van der Waals surface area contributed by atoms with Gasteiger partial charge in [-0.25, -0.2) is 5.01 Å². The highest BCUT2D eigenvalue weighted by Crippen LogP contribution is 2.50. The number of likely N-dealkylation sites (tertiary alicyclic amines) is 1. The Morgan fingerprint density at radius 1 is 1.21 bits per heavy atom. The number of rotatable bonds is 2. The number of fused-ring (bicyclic) bond motifs is 4. The number of ether oxygens (including phenoxy) is 1. The van der Waals surface area contributed by atoms with E-state index in [1.54, 1.807) is 6.07 Å². The van der Waals surface area contributed by atoms with Crippen LogP contribution < -0.4 is 4.74 Å². The maximum absolute atomic E-state index is 10.4. The maximum Gasteiger partial charge on any atom is 0.200 e. The number of nitrogens with zero attached hydrogens (tertiary/aromatic N) is 3. The van der Waals surface area contributed by atoms with Gasteiger partial charge >= 0.3 is 0 Å². The molecular weight excluding hydrogens is 374 g/mol. The molecule has 5 nitrogen and oxygen atoms in total. The number of piperidine rings is 1. The van der Waals surface area contributed by atoms with Crippen molar-refractivity contribution in [3.63, 3.8) is 0 Å². The molecule has 3 aliphatic heterocycles. The fraction of sp³-hybridized carbons (Fsp3) is 0.409. The molecule has 0 aromatic heterocycles. The van der Waals surface area contributed by atoms with Gasteiger partial charge in [-0.2, -0.15) is 5.10 Å². The molecule has 1 N–H and O–H groups in total. The van der Waals surface area contributed by atoms with Crippen LogP contribution in [0.1, 0.15) is 43.4 Å². The van der Waals surface area contributed by atoms with Crippen LogP contribution >= 0.6 is 11.6 Å². The zero-order valence-corrected chi connectivity index (χ0v) is 16.7. The molecule has 3 aliphatic rings. The van der Waals surface area contributed by atoms with Crippen LogP contribution in [0.5, 0.6) is 11.5 Å². The SMILES string of the molecule is CCN1CCC2(CC1)Oc1ccc(Cl)cc1[C@H]1CC(c3ccccc3O)=NN12.